The normalized spacial score (nSPS) is 18.4. The molecule has 2 aromatic rings. The predicted molar refractivity (Wildman–Crippen MR) is 128 cm³/mol. The molecule has 1 fully saturated rings. The fourth-order valence-electron chi connectivity index (χ4n) is 4.90. The van der Waals surface area contributed by atoms with Gasteiger partial charge in [0.05, 0.1) is 11.6 Å². The summed E-state index contributed by atoms with van der Waals surface area (Å²) in [5.41, 5.74) is 7.75. The minimum absolute atomic E-state index is 0.0326. The van der Waals surface area contributed by atoms with Crippen LogP contribution in [0.1, 0.15) is 47.0 Å². The Kier molecular flexibility index (Phi) is 6.18. The van der Waals surface area contributed by atoms with E-state index in [2.05, 4.69) is 15.5 Å². The highest BCUT2D eigenvalue weighted by Gasteiger charge is 2.32. The zero-order valence-corrected chi connectivity index (χ0v) is 19.8. The van der Waals surface area contributed by atoms with E-state index in [1.54, 1.807) is 18.2 Å². The van der Waals surface area contributed by atoms with Crippen molar-refractivity contribution in [3.63, 3.8) is 0 Å². The van der Waals surface area contributed by atoms with Gasteiger partial charge in [0.25, 0.3) is 5.91 Å². The second-order valence-corrected chi connectivity index (χ2v) is 10.1. The SMILES string of the molecule is CC(C(=O)Nc1sc2c(c1C(N)=O)CCC2)N1CCC(C(=O)Nc2ccc3c(c2)OCO3)CC1. The maximum Gasteiger partial charge on any atom is 0.251 e. The Morgan fingerprint density at radius 2 is 1.88 bits per heavy atom. The van der Waals surface area contributed by atoms with Crippen LogP contribution in [-0.2, 0) is 22.4 Å². The van der Waals surface area contributed by atoms with Crippen LogP contribution in [0, 0.1) is 5.92 Å². The van der Waals surface area contributed by atoms with Gasteiger partial charge < -0.3 is 25.8 Å². The molecule has 0 spiro atoms. The minimum atomic E-state index is -0.489. The first-order valence-corrected chi connectivity index (χ1v) is 12.4. The molecule has 9 nitrogen and oxygen atoms in total. The van der Waals surface area contributed by atoms with Crippen molar-refractivity contribution in [2.75, 3.05) is 30.5 Å². The van der Waals surface area contributed by atoms with Gasteiger partial charge in [-0.05, 0) is 69.8 Å². The van der Waals surface area contributed by atoms with Crippen LogP contribution in [0.15, 0.2) is 18.2 Å². The van der Waals surface area contributed by atoms with Crippen molar-refractivity contribution in [3.05, 3.63) is 34.2 Å². The third kappa shape index (κ3) is 4.35. The average Bonchev–Trinajstić information content (AvgIpc) is 3.54. The monoisotopic (exact) mass is 484 g/mol. The first-order valence-electron chi connectivity index (χ1n) is 11.6. The van der Waals surface area contributed by atoms with Crippen LogP contribution in [0.2, 0.25) is 0 Å². The summed E-state index contributed by atoms with van der Waals surface area (Å²) in [6.07, 6.45) is 4.09. The van der Waals surface area contributed by atoms with Gasteiger partial charge in [-0.3, -0.25) is 19.3 Å². The molecular formula is C24H28N4O5S. The van der Waals surface area contributed by atoms with Gasteiger partial charge >= 0.3 is 0 Å². The lowest BCUT2D eigenvalue weighted by Crippen LogP contribution is -2.47. The highest BCUT2D eigenvalue weighted by atomic mass is 32.1. The molecule has 2 aliphatic heterocycles. The van der Waals surface area contributed by atoms with E-state index in [0.29, 0.717) is 53.7 Å². The van der Waals surface area contributed by atoms with Gasteiger partial charge in [-0.25, -0.2) is 0 Å². The third-order valence-electron chi connectivity index (χ3n) is 6.87. The number of ether oxygens (including phenoxy) is 2. The summed E-state index contributed by atoms with van der Waals surface area (Å²) in [5, 5.41) is 6.46. The molecule has 1 atom stereocenters. The molecule has 1 aromatic carbocycles. The van der Waals surface area contributed by atoms with Crippen LogP contribution < -0.4 is 25.8 Å². The number of nitrogens with zero attached hydrogens (tertiary/aromatic N) is 1. The number of carbonyl (C=O) groups excluding carboxylic acids is 3. The Balaban J connectivity index is 1.15. The Morgan fingerprint density at radius 1 is 1.12 bits per heavy atom. The van der Waals surface area contributed by atoms with Gasteiger partial charge in [-0.2, -0.15) is 0 Å². The molecule has 1 aromatic heterocycles. The van der Waals surface area contributed by atoms with E-state index >= 15 is 0 Å². The summed E-state index contributed by atoms with van der Waals surface area (Å²) < 4.78 is 10.7. The standard InChI is InChI=1S/C24H28N4O5S/c1-13(22(30)27-24-20(21(25)29)16-3-2-4-19(16)34-24)28-9-7-14(8-10-28)23(31)26-15-5-6-17-18(11-15)33-12-32-17/h5-6,11,13-14H,2-4,7-10,12H2,1H3,(H2,25,29)(H,26,31)(H,27,30). The molecule has 1 saturated heterocycles. The highest BCUT2D eigenvalue weighted by molar-refractivity contribution is 7.17. The molecular weight excluding hydrogens is 456 g/mol. The smallest absolute Gasteiger partial charge is 0.251 e. The summed E-state index contributed by atoms with van der Waals surface area (Å²) in [6.45, 7) is 3.32. The van der Waals surface area contributed by atoms with E-state index < -0.39 is 5.91 Å². The van der Waals surface area contributed by atoms with Crippen molar-refractivity contribution in [1.82, 2.24) is 4.90 Å². The summed E-state index contributed by atoms with van der Waals surface area (Å²) in [4.78, 5) is 40.9. The van der Waals surface area contributed by atoms with E-state index in [0.717, 1.165) is 29.7 Å². The number of likely N-dealkylation sites (tertiary alicyclic amines) is 1. The number of thiophene rings is 1. The molecule has 180 valence electrons. The van der Waals surface area contributed by atoms with Crippen molar-refractivity contribution >= 4 is 39.7 Å². The number of carbonyl (C=O) groups is 3. The summed E-state index contributed by atoms with van der Waals surface area (Å²) in [7, 11) is 0. The predicted octanol–water partition coefficient (Wildman–Crippen LogP) is 2.74. The highest BCUT2D eigenvalue weighted by Crippen LogP contribution is 2.39. The Morgan fingerprint density at radius 3 is 2.65 bits per heavy atom. The Hall–Kier alpha value is -3.11. The number of nitrogens with one attached hydrogen (secondary N) is 2. The Bertz CT molecular complexity index is 1140. The number of benzene rings is 1. The van der Waals surface area contributed by atoms with Crippen molar-refractivity contribution in [2.45, 2.75) is 45.1 Å². The molecule has 4 N–H and O–H groups in total. The molecule has 3 heterocycles. The maximum atomic E-state index is 13.0. The van der Waals surface area contributed by atoms with Gasteiger partial charge in [-0.15, -0.1) is 11.3 Å². The third-order valence-corrected chi connectivity index (χ3v) is 8.08. The molecule has 0 radical (unpaired) electrons. The molecule has 1 aliphatic carbocycles. The summed E-state index contributed by atoms with van der Waals surface area (Å²) >= 11 is 1.46. The second-order valence-electron chi connectivity index (χ2n) is 8.96. The number of amides is 3. The number of anilines is 2. The molecule has 10 heteroatoms. The van der Waals surface area contributed by atoms with E-state index in [1.165, 1.54) is 11.3 Å². The Labute approximate surface area is 201 Å². The van der Waals surface area contributed by atoms with Crippen molar-refractivity contribution in [3.8, 4) is 11.5 Å². The van der Waals surface area contributed by atoms with Crippen LogP contribution in [0.4, 0.5) is 10.7 Å². The second kappa shape index (κ2) is 9.27. The first kappa shape index (κ1) is 22.7. The van der Waals surface area contributed by atoms with Gasteiger partial charge in [0.1, 0.15) is 5.00 Å². The zero-order chi connectivity index (χ0) is 23.8. The summed E-state index contributed by atoms with van der Waals surface area (Å²) in [6, 6.07) is 4.97. The lowest BCUT2D eigenvalue weighted by Gasteiger charge is -2.34. The molecule has 0 bridgehead atoms. The number of rotatable bonds is 6. The zero-order valence-electron chi connectivity index (χ0n) is 19.0. The van der Waals surface area contributed by atoms with E-state index in [4.69, 9.17) is 15.2 Å². The largest absolute Gasteiger partial charge is 0.454 e. The first-order chi connectivity index (χ1) is 16.4. The number of nitrogens with two attached hydrogens (primary N) is 1. The van der Waals surface area contributed by atoms with Gasteiger partial charge in [-0.1, -0.05) is 0 Å². The number of piperidine rings is 1. The lowest BCUT2D eigenvalue weighted by atomic mass is 9.94. The summed E-state index contributed by atoms with van der Waals surface area (Å²) in [5.74, 6) is 0.493. The van der Waals surface area contributed by atoms with Gasteiger partial charge in [0.15, 0.2) is 11.5 Å². The fraction of sp³-hybridized carbons (Fsp3) is 0.458. The average molecular weight is 485 g/mol. The van der Waals surface area contributed by atoms with Crippen LogP contribution >= 0.6 is 11.3 Å². The van der Waals surface area contributed by atoms with Crippen LogP contribution in [0.3, 0.4) is 0 Å². The number of fused-ring (bicyclic) bond motifs is 2. The van der Waals surface area contributed by atoms with Crippen molar-refractivity contribution in [1.29, 1.82) is 0 Å². The number of aryl methyl sites for hydroxylation is 1. The minimum Gasteiger partial charge on any atom is -0.454 e. The van der Waals surface area contributed by atoms with Crippen LogP contribution in [0.5, 0.6) is 11.5 Å². The number of hydrogen-bond donors (Lipinski definition) is 3. The molecule has 5 rings (SSSR count). The molecule has 1 unspecified atom stereocenters. The van der Waals surface area contributed by atoms with Crippen LogP contribution in [0.25, 0.3) is 0 Å². The van der Waals surface area contributed by atoms with Crippen LogP contribution in [-0.4, -0.2) is 48.5 Å². The number of primary amides is 1. The van der Waals surface area contributed by atoms with Gasteiger partial charge in [0.2, 0.25) is 18.6 Å². The van der Waals surface area contributed by atoms with Crippen molar-refractivity contribution < 1.29 is 23.9 Å². The van der Waals surface area contributed by atoms with Crippen molar-refractivity contribution in [2.24, 2.45) is 11.7 Å². The maximum absolute atomic E-state index is 13.0. The molecule has 3 amide bonds. The topological polar surface area (TPSA) is 123 Å². The molecule has 34 heavy (non-hydrogen) atoms. The van der Waals surface area contributed by atoms with E-state index in [-0.39, 0.29) is 30.6 Å². The molecule has 3 aliphatic rings. The molecule has 0 saturated carbocycles. The van der Waals surface area contributed by atoms with Gasteiger partial charge in [0, 0.05) is 22.5 Å². The number of hydrogen-bond acceptors (Lipinski definition) is 7. The fourth-order valence-corrected chi connectivity index (χ4v) is 6.20. The van der Waals surface area contributed by atoms with E-state index in [1.807, 2.05) is 6.92 Å². The lowest BCUT2D eigenvalue weighted by molar-refractivity contribution is -0.123. The quantitative estimate of drug-likeness (QED) is 0.579. The van der Waals surface area contributed by atoms with E-state index in [9.17, 15) is 14.4 Å².